The summed E-state index contributed by atoms with van der Waals surface area (Å²) in [6, 6.07) is 0. The average Bonchev–Trinajstić information content (AvgIpc) is 2.57. The average molecular weight is 233 g/mol. The number of carbonyl (C=O) groups is 1. The molecule has 90 valence electrons. The Balaban J connectivity index is 2.90. The number of anilines is 1. The van der Waals surface area contributed by atoms with E-state index in [4.69, 9.17) is 11.5 Å². The molecule has 0 atom stereocenters. The molecule has 0 saturated heterocycles. The molecule has 1 amide bonds. The van der Waals surface area contributed by atoms with Crippen LogP contribution in [0, 0.1) is 0 Å². The van der Waals surface area contributed by atoms with Crippen LogP contribution in [0.3, 0.4) is 0 Å². The van der Waals surface area contributed by atoms with Crippen molar-refractivity contribution in [2.24, 2.45) is 5.73 Å². The number of aromatic nitrogens is 3. The van der Waals surface area contributed by atoms with Crippen molar-refractivity contribution >= 4 is 22.8 Å². The van der Waals surface area contributed by atoms with Gasteiger partial charge in [0, 0.05) is 11.7 Å². The molecule has 0 aliphatic heterocycles. The number of primary amides is 1. The summed E-state index contributed by atoms with van der Waals surface area (Å²) >= 11 is 0. The zero-order chi connectivity index (χ0) is 12.8. The highest BCUT2D eigenvalue weighted by Gasteiger charge is 2.22. The van der Waals surface area contributed by atoms with Crippen LogP contribution in [0.25, 0.3) is 11.0 Å². The van der Waals surface area contributed by atoms with E-state index in [-0.39, 0.29) is 11.4 Å². The number of carbonyl (C=O) groups excluding carboxylic acids is 1. The fourth-order valence-corrected chi connectivity index (χ4v) is 1.78. The maximum Gasteiger partial charge on any atom is 0.251 e. The largest absolute Gasteiger partial charge is 0.383 e. The van der Waals surface area contributed by atoms with Gasteiger partial charge in [0.2, 0.25) is 0 Å². The van der Waals surface area contributed by atoms with Gasteiger partial charge in [-0.25, -0.2) is 9.97 Å². The topological polar surface area (TPSA) is 99.8 Å². The number of nitrogens with two attached hydrogens (primary N) is 2. The predicted molar refractivity (Wildman–Crippen MR) is 65.5 cm³/mol. The first kappa shape index (κ1) is 11.4. The molecule has 2 aromatic heterocycles. The smallest absolute Gasteiger partial charge is 0.251 e. The molecule has 2 aromatic rings. The standard InChI is InChI=1S/C11H15N5O/c1-11(2,3)16-4-6(9(13)17)7-8(12)14-5-15-10(7)16/h4-5H,1-3H3,(H2,13,17)(H2,12,14,15). The normalized spacial score (nSPS) is 11.9. The summed E-state index contributed by atoms with van der Waals surface area (Å²) < 4.78 is 1.88. The summed E-state index contributed by atoms with van der Waals surface area (Å²) in [7, 11) is 0. The van der Waals surface area contributed by atoms with Crippen molar-refractivity contribution < 1.29 is 4.79 Å². The van der Waals surface area contributed by atoms with E-state index in [0.717, 1.165) is 0 Å². The molecular formula is C11H15N5O. The summed E-state index contributed by atoms with van der Waals surface area (Å²) in [5.74, 6) is -0.258. The minimum absolute atomic E-state index is 0.216. The third-order valence-corrected chi connectivity index (χ3v) is 2.60. The van der Waals surface area contributed by atoms with Crippen molar-refractivity contribution in [3.05, 3.63) is 18.1 Å². The lowest BCUT2D eigenvalue weighted by atomic mass is 10.1. The highest BCUT2D eigenvalue weighted by atomic mass is 16.1. The molecule has 0 fully saturated rings. The van der Waals surface area contributed by atoms with Crippen LogP contribution < -0.4 is 11.5 Å². The lowest BCUT2D eigenvalue weighted by molar-refractivity contribution is 0.100. The fourth-order valence-electron chi connectivity index (χ4n) is 1.78. The van der Waals surface area contributed by atoms with Crippen LogP contribution in [0.1, 0.15) is 31.1 Å². The van der Waals surface area contributed by atoms with Crippen LogP contribution in [-0.2, 0) is 5.54 Å². The molecule has 17 heavy (non-hydrogen) atoms. The number of fused-ring (bicyclic) bond motifs is 1. The fraction of sp³-hybridized carbons (Fsp3) is 0.364. The lowest BCUT2D eigenvalue weighted by Crippen LogP contribution is -2.21. The highest BCUT2D eigenvalue weighted by molar-refractivity contribution is 6.08. The molecule has 2 rings (SSSR count). The molecule has 0 unspecified atom stereocenters. The van der Waals surface area contributed by atoms with Gasteiger partial charge >= 0.3 is 0 Å². The molecule has 0 spiro atoms. The molecule has 0 saturated carbocycles. The second-order valence-corrected chi connectivity index (χ2v) is 4.91. The second-order valence-electron chi connectivity index (χ2n) is 4.91. The van der Waals surface area contributed by atoms with Gasteiger partial charge in [0.15, 0.2) is 0 Å². The Bertz CT molecular complexity index is 594. The summed E-state index contributed by atoms with van der Waals surface area (Å²) in [4.78, 5) is 19.5. The van der Waals surface area contributed by atoms with Gasteiger partial charge in [-0.15, -0.1) is 0 Å². The van der Waals surface area contributed by atoms with Crippen LogP contribution >= 0.6 is 0 Å². The number of hydrogen-bond donors (Lipinski definition) is 2. The molecule has 6 heteroatoms. The van der Waals surface area contributed by atoms with E-state index in [1.165, 1.54) is 6.33 Å². The first-order chi connectivity index (χ1) is 7.82. The zero-order valence-electron chi connectivity index (χ0n) is 10.1. The zero-order valence-corrected chi connectivity index (χ0v) is 10.1. The Morgan fingerprint density at radius 2 is 2.00 bits per heavy atom. The van der Waals surface area contributed by atoms with Gasteiger partial charge in [0.05, 0.1) is 10.9 Å². The Morgan fingerprint density at radius 3 is 2.53 bits per heavy atom. The maximum absolute atomic E-state index is 11.4. The van der Waals surface area contributed by atoms with E-state index in [9.17, 15) is 4.79 Å². The number of rotatable bonds is 1. The minimum atomic E-state index is -0.528. The molecule has 0 aliphatic rings. The van der Waals surface area contributed by atoms with Gasteiger partial charge in [-0.1, -0.05) is 0 Å². The predicted octanol–water partition coefficient (Wildman–Crippen LogP) is 0.867. The first-order valence-corrected chi connectivity index (χ1v) is 5.24. The lowest BCUT2D eigenvalue weighted by Gasteiger charge is -2.21. The Morgan fingerprint density at radius 1 is 1.35 bits per heavy atom. The highest BCUT2D eigenvalue weighted by Crippen LogP contribution is 2.28. The van der Waals surface area contributed by atoms with E-state index in [1.54, 1.807) is 6.20 Å². The number of hydrogen-bond acceptors (Lipinski definition) is 4. The van der Waals surface area contributed by atoms with E-state index >= 15 is 0 Å². The van der Waals surface area contributed by atoms with E-state index in [0.29, 0.717) is 16.6 Å². The summed E-state index contributed by atoms with van der Waals surface area (Å²) in [5.41, 5.74) is 11.9. The molecule has 6 nitrogen and oxygen atoms in total. The molecule has 2 heterocycles. The summed E-state index contributed by atoms with van der Waals surface area (Å²) in [6.45, 7) is 6.03. The monoisotopic (exact) mass is 233 g/mol. The van der Waals surface area contributed by atoms with Crippen molar-refractivity contribution in [3.63, 3.8) is 0 Å². The van der Waals surface area contributed by atoms with Crippen molar-refractivity contribution in [1.29, 1.82) is 0 Å². The SMILES string of the molecule is CC(C)(C)n1cc(C(N)=O)c2c(N)ncnc21. The summed E-state index contributed by atoms with van der Waals surface area (Å²) in [5, 5.41) is 0.523. The van der Waals surface area contributed by atoms with Gasteiger partial charge in [-0.3, -0.25) is 4.79 Å². The maximum atomic E-state index is 11.4. The van der Waals surface area contributed by atoms with E-state index in [1.807, 2.05) is 25.3 Å². The number of nitrogen functional groups attached to an aromatic ring is 1. The molecule has 0 aliphatic carbocycles. The molecule has 0 bridgehead atoms. The van der Waals surface area contributed by atoms with Gasteiger partial charge in [0.25, 0.3) is 5.91 Å². The Kier molecular flexibility index (Phi) is 2.30. The quantitative estimate of drug-likeness (QED) is 0.763. The Hall–Kier alpha value is -2.11. The van der Waals surface area contributed by atoms with Crippen LogP contribution in [0.2, 0.25) is 0 Å². The van der Waals surface area contributed by atoms with E-state index < -0.39 is 5.91 Å². The molecule has 0 radical (unpaired) electrons. The van der Waals surface area contributed by atoms with Crippen LogP contribution in [0.4, 0.5) is 5.82 Å². The van der Waals surface area contributed by atoms with E-state index in [2.05, 4.69) is 9.97 Å². The third-order valence-electron chi connectivity index (χ3n) is 2.60. The molecular weight excluding hydrogens is 218 g/mol. The van der Waals surface area contributed by atoms with Gasteiger partial charge < -0.3 is 16.0 Å². The minimum Gasteiger partial charge on any atom is -0.383 e. The third kappa shape index (κ3) is 1.71. The van der Waals surface area contributed by atoms with Crippen LogP contribution in [0.5, 0.6) is 0 Å². The van der Waals surface area contributed by atoms with Gasteiger partial charge in [0.1, 0.15) is 17.8 Å². The first-order valence-electron chi connectivity index (χ1n) is 5.24. The number of amides is 1. The Labute approximate surface area is 98.6 Å². The van der Waals surface area contributed by atoms with Crippen molar-refractivity contribution in [2.45, 2.75) is 26.3 Å². The van der Waals surface area contributed by atoms with Crippen LogP contribution in [-0.4, -0.2) is 20.4 Å². The van der Waals surface area contributed by atoms with Crippen LogP contribution in [0.15, 0.2) is 12.5 Å². The van der Waals surface area contributed by atoms with Gasteiger partial charge in [-0.2, -0.15) is 0 Å². The van der Waals surface area contributed by atoms with Crippen molar-refractivity contribution in [3.8, 4) is 0 Å². The summed E-state index contributed by atoms with van der Waals surface area (Å²) in [6.07, 6.45) is 3.06. The van der Waals surface area contributed by atoms with Crippen molar-refractivity contribution in [1.82, 2.24) is 14.5 Å². The molecule has 0 aromatic carbocycles. The number of nitrogens with zero attached hydrogens (tertiary/aromatic N) is 3. The van der Waals surface area contributed by atoms with Gasteiger partial charge in [-0.05, 0) is 20.8 Å². The second kappa shape index (κ2) is 3.44. The molecule has 4 N–H and O–H groups in total. The van der Waals surface area contributed by atoms with Crippen molar-refractivity contribution in [2.75, 3.05) is 5.73 Å².